The number of carbonyl (C=O) groups is 1. The van der Waals surface area contributed by atoms with Crippen LogP contribution < -0.4 is 0 Å². The summed E-state index contributed by atoms with van der Waals surface area (Å²) < 4.78 is 73.4. The van der Waals surface area contributed by atoms with Gasteiger partial charge in [0.05, 0.1) is 184 Å². The summed E-state index contributed by atoms with van der Waals surface area (Å²) >= 11 is 0. The third-order valence-corrected chi connectivity index (χ3v) is 7.86. The Morgan fingerprint density at radius 1 is 0.483 bits per heavy atom. The van der Waals surface area contributed by atoms with Crippen molar-refractivity contribution in [3.8, 4) is 0 Å². The van der Waals surface area contributed by atoms with Gasteiger partial charge in [0.2, 0.25) is 0 Å². The third-order valence-electron chi connectivity index (χ3n) is 7.86. The minimum Gasteiger partial charge on any atom is -0.379 e. The van der Waals surface area contributed by atoms with Crippen LogP contribution >= 0.6 is 0 Å². The number of ether oxygens (including phenoxy) is 13. The number of amides is 1. The van der Waals surface area contributed by atoms with Gasteiger partial charge in [0.25, 0.3) is 5.91 Å². The maximum atomic E-state index is 11.8. The van der Waals surface area contributed by atoms with Crippen molar-refractivity contribution < 1.29 is 66.4 Å². The van der Waals surface area contributed by atoms with E-state index in [9.17, 15) is 4.79 Å². The summed E-state index contributed by atoms with van der Waals surface area (Å²) in [6.45, 7) is 24.8. The molecule has 1 aliphatic heterocycles. The molecule has 2 rings (SSSR count). The van der Waals surface area contributed by atoms with Gasteiger partial charge in [0.1, 0.15) is 5.69 Å². The molecule has 0 aliphatic carbocycles. The van der Waals surface area contributed by atoms with Crippen LogP contribution in [0.15, 0.2) is 30.6 Å². The summed E-state index contributed by atoms with van der Waals surface area (Å²) in [5, 5.41) is 8.17. The molecule has 0 unspecified atom stereocenters. The van der Waals surface area contributed by atoms with Gasteiger partial charge in [-0.15, -0.1) is 5.10 Å². The molecule has 0 spiro atoms. The van der Waals surface area contributed by atoms with E-state index in [-0.39, 0.29) is 5.91 Å². The second kappa shape index (κ2) is 36.4. The summed E-state index contributed by atoms with van der Waals surface area (Å²) in [7, 11) is 0. The Morgan fingerprint density at radius 3 is 1.09 bits per heavy atom. The van der Waals surface area contributed by atoms with Gasteiger partial charge in [0.15, 0.2) is 0 Å². The zero-order valence-electron chi connectivity index (χ0n) is 35.4. The van der Waals surface area contributed by atoms with Crippen LogP contribution in [-0.4, -0.2) is 198 Å². The van der Waals surface area contributed by atoms with Gasteiger partial charge >= 0.3 is 0 Å². The number of rotatable bonds is 43. The number of nitrogens with zero attached hydrogens (tertiary/aromatic N) is 4. The molecule has 0 radical (unpaired) electrons. The van der Waals surface area contributed by atoms with Crippen molar-refractivity contribution in [2.45, 2.75) is 40.3 Å². The van der Waals surface area contributed by atoms with Crippen molar-refractivity contribution >= 4 is 5.91 Å². The molecular formula is C40H72N4O14. The molecule has 0 aromatic carbocycles. The number of hydrogen-bond acceptors (Lipinski definition) is 16. The maximum Gasteiger partial charge on any atom is 0.251 e. The van der Waals surface area contributed by atoms with E-state index in [4.69, 9.17) is 61.6 Å². The lowest BCUT2D eigenvalue weighted by molar-refractivity contribution is -0.123. The van der Waals surface area contributed by atoms with Crippen molar-refractivity contribution in [3.05, 3.63) is 36.3 Å². The van der Waals surface area contributed by atoms with Crippen molar-refractivity contribution in [2.75, 3.05) is 172 Å². The van der Waals surface area contributed by atoms with Crippen LogP contribution in [-0.2, 0) is 79.5 Å². The molecule has 1 aromatic rings. The molecular weight excluding hydrogens is 760 g/mol. The zero-order valence-corrected chi connectivity index (χ0v) is 35.4. The normalized spacial score (nSPS) is 13.2. The highest BCUT2D eigenvalue weighted by molar-refractivity contribution is 5.92. The number of carbonyl (C=O) groups excluding carboxylic acids is 1. The Labute approximate surface area is 345 Å². The molecule has 1 aliphatic rings. The fourth-order valence-electron chi connectivity index (χ4n) is 4.63. The lowest BCUT2D eigenvalue weighted by Crippen LogP contribution is -2.23. The van der Waals surface area contributed by atoms with Crippen molar-refractivity contribution in [1.82, 2.24) is 19.9 Å². The fourth-order valence-corrected chi connectivity index (χ4v) is 4.63. The molecule has 18 nitrogen and oxygen atoms in total. The third kappa shape index (κ3) is 31.5. The van der Waals surface area contributed by atoms with Gasteiger partial charge in [-0.05, 0) is 17.9 Å². The monoisotopic (exact) mass is 833 g/mol. The topological polar surface area (TPSA) is 171 Å². The molecule has 18 heteroatoms. The molecule has 58 heavy (non-hydrogen) atoms. The lowest BCUT2D eigenvalue weighted by atomic mass is 9.93. The van der Waals surface area contributed by atoms with Crippen LogP contribution in [0.2, 0.25) is 0 Å². The van der Waals surface area contributed by atoms with Crippen molar-refractivity contribution in [1.29, 1.82) is 0 Å². The smallest absolute Gasteiger partial charge is 0.251 e. The molecule has 336 valence electrons. The minimum atomic E-state index is -0.0997. The predicted molar refractivity (Wildman–Crippen MR) is 214 cm³/mol. The van der Waals surface area contributed by atoms with E-state index in [0.717, 1.165) is 13.0 Å². The molecule has 0 saturated heterocycles. The largest absolute Gasteiger partial charge is 0.379 e. The van der Waals surface area contributed by atoms with Gasteiger partial charge in [-0.1, -0.05) is 32.6 Å². The molecule has 0 N–H and O–H groups in total. The van der Waals surface area contributed by atoms with E-state index < -0.39 is 0 Å². The quantitative estimate of drug-likeness (QED) is 0.0878. The maximum absolute atomic E-state index is 11.8. The summed E-state index contributed by atoms with van der Waals surface area (Å²) in [4.78, 5) is 13.4. The zero-order chi connectivity index (χ0) is 41.6. The van der Waals surface area contributed by atoms with Gasteiger partial charge in [-0.25, -0.2) is 4.68 Å². The van der Waals surface area contributed by atoms with Crippen LogP contribution in [0.1, 0.15) is 32.9 Å². The Balaban J connectivity index is 1.15. The summed E-state index contributed by atoms with van der Waals surface area (Å²) in [6, 6.07) is 0. The second-order valence-corrected chi connectivity index (χ2v) is 14.0. The molecule has 1 aromatic heterocycles. The SMILES string of the molecule is C=C1C=CC(=O)N1Cc1cn(CCOCCOCCOCCOCCOCCOCCOCCOCCOCCOCCOCCOCCOCCC(C)(C)C)nn1. The molecule has 1 amide bonds. The molecule has 0 atom stereocenters. The van der Waals surface area contributed by atoms with Gasteiger partial charge in [-0.2, -0.15) is 0 Å². The van der Waals surface area contributed by atoms with Crippen LogP contribution in [0.3, 0.4) is 0 Å². The standard InChI is InChI=1S/C40H72N4O14/c1-37-5-6-39(45)44(37)36-38-35-43(42-41-38)8-10-47-12-14-49-16-18-51-20-22-53-24-26-55-28-30-57-32-34-58-33-31-56-29-27-54-25-23-52-21-19-50-17-15-48-13-11-46-9-7-40(2,3)4/h5-6,35H,1,7-34,36H2,2-4H3. The highest BCUT2D eigenvalue weighted by Gasteiger charge is 2.20. The van der Waals surface area contributed by atoms with Crippen molar-refractivity contribution in [2.24, 2.45) is 5.41 Å². The molecule has 2 heterocycles. The molecule has 0 bridgehead atoms. The average Bonchev–Trinajstić information content (AvgIpc) is 3.79. The van der Waals surface area contributed by atoms with Crippen LogP contribution in [0, 0.1) is 5.41 Å². The van der Waals surface area contributed by atoms with Gasteiger partial charge in [0, 0.05) is 18.4 Å². The number of hydrogen-bond donors (Lipinski definition) is 0. The summed E-state index contributed by atoms with van der Waals surface area (Å²) in [5.74, 6) is -0.0997. The summed E-state index contributed by atoms with van der Waals surface area (Å²) in [6.07, 6.45) is 6.02. The Kier molecular flexibility index (Phi) is 32.5. The Morgan fingerprint density at radius 2 is 0.793 bits per heavy atom. The first-order valence-electron chi connectivity index (χ1n) is 20.4. The fraction of sp³-hybridized carbons (Fsp3) is 0.825. The Hall–Kier alpha value is -2.43. The van der Waals surface area contributed by atoms with Crippen LogP contribution in [0.5, 0.6) is 0 Å². The van der Waals surface area contributed by atoms with E-state index in [0.29, 0.717) is 195 Å². The number of allylic oxidation sites excluding steroid dienone is 1. The van der Waals surface area contributed by atoms with E-state index >= 15 is 0 Å². The van der Waals surface area contributed by atoms with Crippen LogP contribution in [0.25, 0.3) is 0 Å². The first-order valence-corrected chi connectivity index (χ1v) is 20.4. The Bertz CT molecular complexity index is 1140. The highest BCUT2D eigenvalue weighted by Crippen LogP contribution is 2.18. The average molecular weight is 833 g/mol. The van der Waals surface area contributed by atoms with E-state index in [1.807, 2.05) is 0 Å². The number of aromatic nitrogens is 3. The second-order valence-electron chi connectivity index (χ2n) is 14.0. The van der Waals surface area contributed by atoms with Crippen LogP contribution in [0.4, 0.5) is 0 Å². The van der Waals surface area contributed by atoms with Gasteiger partial charge in [-0.3, -0.25) is 4.79 Å². The lowest BCUT2D eigenvalue weighted by Gasteiger charge is -2.17. The minimum absolute atomic E-state index is 0.0997. The van der Waals surface area contributed by atoms with Crippen molar-refractivity contribution in [3.63, 3.8) is 0 Å². The summed E-state index contributed by atoms with van der Waals surface area (Å²) in [5.41, 5.74) is 1.64. The van der Waals surface area contributed by atoms with E-state index in [1.54, 1.807) is 21.9 Å². The first-order chi connectivity index (χ1) is 28.3. The van der Waals surface area contributed by atoms with E-state index in [1.165, 1.54) is 6.08 Å². The van der Waals surface area contributed by atoms with Gasteiger partial charge < -0.3 is 66.5 Å². The van der Waals surface area contributed by atoms with E-state index in [2.05, 4.69) is 37.7 Å². The highest BCUT2D eigenvalue weighted by atomic mass is 16.6. The first kappa shape index (κ1) is 51.7. The molecule has 0 fully saturated rings. The predicted octanol–water partition coefficient (Wildman–Crippen LogP) is 2.34. The molecule has 0 saturated carbocycles.